The molecule has 0 saturated carbocycles. The number of nitrogens with two attached hydrogens (primary N) is 1. The van der Waals surface area contributed by atoms with Gasteiger partial charge in [-0.3, -0.25) is 0 Å². The normalized spacial score (nSPS) is 11.6. The van der Waals surface area contributed by atoms with Gasteiger partial charge in [0.2, 0.25) is 0 Å². The number of rotatable bonds is 3. The Kier molecular flexibility index (Phi) is 3.88. The molecule has 0 aliphatic rings. The Labute approximate surface area is 116 Å². The summed E-state index contributed by atoms with van der Waals surface area (Å²) >= 11 is 6.14. The Morgan fingerprint density at radius 1 is 1.32 bits per heavy atom. The Morgan fingerprint density at radius 2 is 2.05 bits per heavy atom. The molecule has 1 atom stereocenters. The molecule has 0 radical (unpaired) electrons. The number of nitrogen functional groups attached to an aromatic ring is 1. The summed E-state index contributed by atoms with van der Waals surface area (Å²) in [5, 5.41) is 12.8. The fourth-order valence-electron chi connectivity index (χ4n) is 1.77. The first-order chi connectivity index (χ1) is 9.11. The maximum absolute atomic E-state index is 8.90. The second-order valence-electron chi connectivity index (χ2n) is 4.13. The van der Waals surface area contributed by atoms with Crippen molar-refractivity contribution in [2.75, 3.05) is 11.1 Å². The molecule has 2 rings (SSSR count). The van der Waals surface area contributed by atoms with Crippen molar-refractivity contribution in [2.24, 2.45) is 0 Å². The Hall–Kier alpha value is -2.25. The zero-order valence-electron chi connectivity index (χ0n) is 10.4. The third kappa shape index (κ3) is 2.95. The van der Waals surface area contributed by atoms with Crippen molar-refractivity contribution >= 4 is 23.1 Å². The van der Waals surface area contributed by atoms with Gasteiger partial charge in [0, 0.05) is 5.02 Å². The van der Waals surface area contributed by atoms with Crippen LogP contribution in [0, 0.1) is 11.3 Å². The van der Waals surface area contributed by atoms with E-state index in [4.69, 9.17) is 22.6 Å². The molecule has 0 fully saturated rings. The Balaban J connectivity index is 2.22. The van der Waals surface area contributed by atoms with E-state index in [1.165, 1.54) is 0 Å². The number of hydrogen-bond donors (Lipinski definition) is 2. The monoisotopic (exact) mass is 272 g/mol. The fourth-order valence-corrected chi connectivity index (χ4v) is 2.07. The van der Waals surface area contributed by atoms with E-state index in [1.54, 1.807) is 12.1 Å². The minimum Gasteiger partial charge on any atom is -0.396 e. The van der Waals surface area contributed by atoms with Gasteiger partial charge in [0.05, 0.1) is 11.7 Å². The summed E-state index contributed by atoms with van der Waals surface area (Å²) < 4.78 is 0. The highest BCUT2D eigenvalue weighted by molar-refractivity contribution is 6.31. The van der Waals surface area contributed by atoms with Gasteiger partial charge in [-0.15, -0.1) is 0 Å². The van der Waals surface area contributed by atoms with Crippen molar-refractivity contribution < 1.29 is 0 Å². The molecule has 0 saturated heterocycles. The summed E-state index contributed by atoms with van der Waals surface area (Å²) in [4.78, 5) is 4.15. The predicted molar refractivity (Wildman–Crippen MR) is 76.9 cm³/mol. The highest BCUT2D eigenvalue weighted by Crippen LogP contribution is 2.25. The van der Waals surface area contributed by atoms with Gasteiger partial charge >= 0.3 is 0 Å². The lowest BCUT2D eigenvalue weighted by Gasteiger charge is -2.16. The second kappa shape index (κ2) is 5.59. The second-order valence-corrected chi connectivity index (χ2v) is 4.54. The van der Waals surface area contributed by atoms with Crippen LogP contribution in [0.3, 0.4) is 0 Å². The molecule has 1 heterocycles. The van der Waals surface area contributed by atoms with Crippen LogP contribution in [0.5, 0.6) is 0 Å². The van der Waals surface area contributed by atoms with Gasteiger partial charge in [0.1, 0.15) is 11.9 Å². The molecule has 96 valence electrons. The summed E-state index contributed by atoms with van der Waals surface area (Å²) in [6.45, 7) is 1.98. The van der Waals surface area contributed by atoms with E-state index in [9.17, 15) is 0 Å². The average Bonchev–Trinajstić information content (AvgIpc) is 2.41. The summed E-state index contributed by atoms with van der Waals surface area (Å²) in [6, 6.07) is 12.9. The molecular weight excluding hydrogens is 260 g/mol. The summed E-state index contributed by atoms with van der Waals surface area (Å²) in [5.41, 5.74) is 7.20. The maximum atomic E-state index is 8.90. The SMILES string of the molecule is CC(Nc1ccc(N)c(C#N)n1)c1ccccc1Cl. The summed E-state index contributed by atoms with van der Waals surface area (Å²) in [7, 11) is 0. The first-order valence-corrected chi connectivity index (χ1v) is 6.17. The molecule has 1 unspecified atom stereocenters. The van der Waals surface area contributed by atoms with Crippen LogP contribution in [-0.2, 0) is 0 Å². The number of hydrogen-bond acceptors (Lipinski definition) is 4. The van der Waals surface area contributed by atoms with Gasteiger partial charge in [0.15, 0.2) is 5.69 Å². The van der Waals surface area contributed by atoms with E-state index in [2.05, 4.69) is 10.3 Å². The molecule has 4 nitrogen and oxygen atoms in total. The third-order valence-electron chi connectivity index (χ3n) is 2.77. The molecule has 0 bridgehead atoms. The Bertz CT molecular complexity index is 634. The van der Waals surface area contributed by atoms with Gasteiger partial charge in [0.25, 0.3) is 0 Å². The number of anilines is 2. The van der Waals surface area contributed by atoms with Crippen LogP contribution < -0.4 is 11.1 Å². The first-order valence-electron chi connectivity index (χ1n) is 5.79. The molecular formula is C14H13ClN4. The molecule has 5 heteroatoms. The molecule has 1 aromatic heterocycles. The van der Waals surface area contributed by atoms with E-state index < -0.39 is 0 Å². The van der Waals surface area contributed by atoms with Gasteiger partial charge in [-0.25, -0.2) is 4.98 Å². The number of nitrogens with one attached hydrogen (secondary N) is 1. The average molecular weight is 273 g/mol. The lowest BCUT2D eigenvalue weighted by molar-refractivity contribution is 0.874. The summed E-state index contributed by atoms with van der Waals surface area (Å²) in [5.74, 6) is 0.596. The molecule has 19 heavy (non-hydrogen) atoms. The zero-order chi connectivity index (χ0) is 13.8. The van der Waals surface area contributed by atoms with Crippen LogP contribution >= 0.6 is 11.6 Å². The predicted octanol–water partition coefficient (Wildman–Crippen LogP) is 3.36. The topological polar surface area (TPSA) is 74.7 Å². The smallest absolute Gasteiger partial charge is 0.165 e. The number of nitrogens with zero attached hydrogens (tertiary/aromatic N) is 2. The van der Waals surface area contributed by atoms with Gasteiger partial charge in [-0.05, 0) is 30.7 Å². The van der Waals surface area contributed by atoms with Crippen LogP contribution in [0.4, 0.5) is 11.5 Å². The van der Waals surface area contributed by atoms with Gasteiger partial charge in [-0.2, -0.15) is 5.26 Å². The minimum absolute atomic E-state index is 0.0173. The molecule has 1 aromatic carbocycles. The van der Waals surface area contributed by atoms with Crippen LogP contribution in [0.1, 0.15) is 24.2 Å². The van der Waals surface area contributed by atoms with Crippen LogP contribution in [0.25, 0.3) is 0 Å². The Morgan fingerprint density at radius 3 is 2.74 bits per heavy atom. The van der Waals surface area contributed by atoms with E-state index in [-0.39, 0.29) is 11.7 Å². The highest BCUT2D eigenvalue weighted by Gasteiger charge is 2.10. The van der Waals surface area contributed by atoms with E-state index >= 15 is 0 Å². The number of pyridine rings is 1. The first kappa shape index (κ1) is 13.2. The number of halogens is 1. The third-order valence-corrected chi connectivity index (χ3v) is 3.11. The lowest BCUT2D eigenvalue weighted by Crippen LogP contribution is -2.09. The van der Waals surface area contributed by atoms with Crippen molar-refractivity contribution in [1.82, 2.24) is 4.98 Å². The molecule has 0 amide bonds. The van der Waals surface area contributed by atoms with Crippen LogP contribution in [0.2, 0.25) is 5.02 Å². The molecule has 0 aliphatic carbocycles. The van der Waals surface area contributed by atoms with Crippen molar-refractivity contribution in [3.63, 3.8) is 0 Å². The van der Waals surface area contributed by atoms with Gasteiger partial charge < -0.3 is 11.1 Å². The summed E-state index contributed by atoms with van der Waals surface area (Å²) in [6.07, 6.45) is 0. The van der Waals surface area contributed by atoms with Crippen molar-refractivity contribution in [2.45, 2.75) is 13.0 Å². The van der Waals surface area contributed by atoms with Crippen molar-refractivity contribution in [1.29, 1.82) is 5.26 Å². The molecule has 0 aliphatic heterocycles. The largest absolute Gasteiger partial charge is 0.396 e. The number of nitriles is 1. The standard InChI is InChI=1S/C14H13ClN4/c1-9(10-4-2-3-5-11(10)15)18-14-7-6-12(17)13(8-16)19-14/h2-7,9H,17H2,1H3,(H,18,19). The molecule has 3 N–H and O–H groups in total. The van der Waals surface area contributed by atoms with Crippen LogP contribution in [0.15, 0.2) is 36.4 Å². The number of benzene rings is 1. The molecule has 2 aromatic rings. The molecule has 0 spiro atoms. The van der Waals surface area contributed by atoms with Crippen LogP contribution in [-0.4, -0.2) is 4.98 Å². The van der Waals surface area contributed by atoms with E-state index in [0.29, 0.717) is 16.5 Å². The zero-order valence-corrected chi connectivity index (χ0v) is 11.1. The number of aromatic nitrogens is 1. The minimum atomic E-state index is -0.0173. The fraction of sp³-hybridized carbons (Fsp3) is 0.143. The van der Waals surface area contributed by atoms with Gasteiger partial charge in [-0.1, -0.05) is 29.8 Å². The lowest BCUT2D eigenvalue weighted by atomic mass is 10.1. The maximum Gasteiger partial charge on any atom is 0.165 e. The van der Waals surface area contributed by atoms with Crippen molar-refractivity contribution in [3.8, 4) is 6.07 Å². The van der Waals surface area contributed by atoms with E-state index in [1.807, 2.05) is 37.3 Å². The van der Waals surface area contributed by atoms with Crippen molar-refractivity contribution in [3.05, 3.63) is 52.7 Å². The highest BCUT2D eigenvalue weighted by atomic mass is 35.5. The van der Waals surface area contributed by atoms with E-state index in [0.717, 1.165) is 5.56 Å². The quantitative estimate of drug-likeness (QED) is 0.898.